The number of ether oxygens (including phenoxy) is 1. The molecular formula is C11H19NO. The largest absolute Gasteiger partial charge is 0.496 e. The maximum atomic E-state index is 5.44. The van der Waals surface area contributed by atoms with Crippen LogP contribution in [0.1, 0.15) is 44.9 Å². The van der Waals surface area contributed by atoms with Crippen LogP contribution in [0.25, 0.3) is 0 Å². The second-order valence-electron chi connectivity index (χ2n) is 4.06. The first-order chi connectivity index (χ1) is 6.45. The molecule has 0 atom stereocenters. The number of nitrogens with one attached hydrogen (secondary N) is 1. The van der Waals surface area contributed by atoms with Crippen LogP contribution in [-0.2, 0) is 4.74 Å². The minimum Gasteiger partial charge on any atom is -0.496 e. The lowest BCUT2D eigenvalue weighted by Crippen LogP contribution is -2.26. The van der Waals surface area contributed by atoms with E-state index in [1.165, 1.54) is 38.5 Å². The third kappa shape index (κ3) is 2.64. The summed E-state index contributed by atoms with van der Waals surface area (Å²) in [5, 5.41) is 3.48. The van der Waals surface area contributed by atoms with Crippen molar-refractivity contribution in [2.24, 2.45) is 0 Å². The molecule has 1 aliphatic heterocycles. The fourth-order valence-electron chi connectivity index (χ4n) is 2.12. The maximum Gasteiger partial charge on any atom is 0.112 e. The molecule has 0 aromatic carbocycles. The molecule has 74 valence electrons. The van der Waals surface area contributed by atoms with Gasteiger partial charge < -0.3 is 10.1 Å². The van der Waals surface area contributed by atoms with Crippen molar-refractivity contribution in [3.63, 3.8) is 0 Å². The summed E-state index contributed by atoms with van der Waals surface area (Å²) in [5.41, 5.74) is 0. The highest BCUT2D eigenvalue weighted by molar-refractivity contribution is 4.96. The van der Waals surface area contributed by atoms with Crippen molar-refractivity contribution in [1.29, 1.82) is 0 Å². The SMILES string of the molecule is C(/NC1CCCCC1)=C1\CCCO1. The zero-order valence-corrected chi connectivity index (χ0v) is 8.22. The molecular weight excluding hydrogens is 162 g/mol. The Morgan fingerprint density at radius 2 is 2.00 bits per heavy atom. The smallest absolute Gasteiger partial charge is 0.112 e. The zero-order chi connectivity index (χ0) is 8.93. The fourth-order valence-corrected chi connectivity index (χ4v) is 2.12. The van der Waals surface area contributed by atoms with E-state index in [9.17, 15) is 0 Å². The molecule has 0 unspecified atom stereocenters. The Kier molecular flexibility index (Phi) is 3.11. The Balaban J connectivity index is 1.73. The summed E-state index contributed by atoms with van der Waals surface area (Å²) in [6.45, 7) is 0.915. The summed E-state index contributed by atoms with van der Waals surface area (Å²) < 4.78 is 5.44. The van der Waals surface area contributed by atoms with E-state index < -0.39 is 0 Å². The van der Waals surface area contributed by atoms with E-state index in [0.29, 0.717) is 6.04 Å². The van der Waals surface area contributed by atoms with E-state index in [0.717, 1.165) is 18.8 Å². The van der Waals surface area contributed by atoms with Crippen LogP contribution in [-0.4, -0.2) is 12.6 Å². The van der Waals surface area contributed by atoms with Crippen molar-refractivity contribution in [2.45, 2.75) is 51.0 Å². The van der Waals surface area contributed by atoms with Crippen molar-refractivity contribution < 1.29 is 4.74 Å². The van der Waals surface area contributed by atoms with Gasteiger partial charge in [0.1, 0.15) is 5.76 Å². The van der Waals surface area contributed by atoms with Crippen LogP contribution in [0.4, 0.5) is 0 Å². The summed E-state index contributed by atoms with van der Waals surface area (Å²) in [6, 6.07) is 0.713. The Hall–Kier alpha value is -0.660. The molecule has 2 heteroatoms. The van der Waals surface area contributed by atoms with Gasteiger partial charge in [-0.25, -0.2) is 0 Å². The summed E-state index contributed by atoms with van der Waals surface area (Å²) in [5.74, 6) is 1.16. The molecule has 0 aromatic heterocycles. The normalized spacial score (nSPS) is 27.5. The van der Waals surface area contributed by atoms with Gasteiger partial charge in [-0.15, -0.1) is 0 Å². The van der Waals surface area contributed by atoms with E-state index in [4.69, 9.17) is 4.74 Å². The highest BCUT2D eigenvalue weighted by Crippen LogP contribution is 2.19. The topological polar surface area (TPSA) is 21.3 Å². The Bertz CT molecular complexity index is 175. The first kappa shape index (κ1) is 8.92. The zero-order valence-electron chi connectivity index (χ0n) is 8.22. The van der Waals surface area contributed by atoms with Gasteiger partial charge in [0.05, 0.1) is 6.61 Å². The van der Waals surface area contributed by atoms with Gasteiger partial charge in [0.15, 0.2) is 0 Å². The summed E-state index contributed by atoms with van der Waals surface area (Å²) >= 11 is 0. The molecule has 1 heterocycles. The number of hydrogen-bond acceptors (Lipinski definition) is 2. The van der Waals surface area contributed by atoms with Crippen LogP contribution in [0.15, 0.2) is 12.0 Å². The van der Waals surface area contributed by atoms with Gasteiger partial charge in [0.2, 0.25) is 0 Å². The molecule has 0 bridgehead atoms. The average Bonchev–Trinajstić information content (AvgIpc) is 2.69. The first-order valence-corrected chi connectivity index (χ1v) is 5.53. The lowest BCUT2D eigenvalue weighted by molar-refractivity contribution is 0.259. The van der Waals surface area contributed by atoms with Crippen LogP contribution < -0.4 is 5.32 Å². The van der Waals surface area contributed by atoms with Gasteiger partial charge in [-0.3, -0.25) is 0 Å². The third-order valence-corrected chi connectivity index (χ3v) is 2.94. The molecule has 2 rings (SSSR count). The quantitative estimate of drug-likeness (QED) is 0.707. The van der Waals surface area contributed by atoms with E-state index in [1.807, 2.05) is 0 Å². The Labute approximate surface area is 80.4 Å². The van der Waals surface area contributed by atoms with Crippen LogP contribution in [0.3, 0.4) is 0 Å². The molecule has 0 radical (unpaired) electrons. The molecule has 1 saturated carbocycles. The summed E-state index contributed by atoms with van der Waals surface area (Å²) in [7, 11) is 0. The van der Waals surface area contributed by atoms with Crippen molar-refractivity contribution >= 4 is 0 Å². The first-order valence-electron chi connectivity index (χ1n) is 5.53. The van der Waals surface area contributed by atoms with Gasteiger partial charge in [-0.1, -0.05) is 19.3 Å². The molecule has 0 amide bonds. The fraction of sp³-hybridized carbons (Fsp3) is 0.818. The average molecular weight is 181 g/mol. The third-order valence-electron chi connectivity index (χ3n) is 2.94. The van der Waals surface area contributed by atoms with Crippen molar-refractivity contribution in [3.8, 4) is 0 Å². The minimum absolute atomic E-state index is 0.713. The summed E-state index contributed by atoms with van der Waals surface area (Å²) in [6.07, 6.45) is 11.3. The van der Waals surface area contributed by atoms with E-state index in [-0.39, 0.29) is 0 Å². The van der Waals surface area contributed by atoms with Gasteiger partial charge in [-0.05, 0) is 19.3 Å². The predicted molar refractivity (Wildman–Crippen MR) is 53.3 cm³/mol. The Morgan fingerprint density at radius 3 is 2.69 bits per heavy atom. The summed E-state index contributed by atoms with van der Waals surface area (Å²) in [4.78, 5) is 0. The number of hydrogen-bond donors (Lipinski definition) is 1. The molecule has 1 saturated heterocycles. The van der Waals surface area contributed by atoms with Crippen molar-refractivity contribution in [1.82, 2.24) is 5.32 Å². The lowest BCUT2D eigenvalue weighted by Gasteiger charge is -2.21. The highest BCUT2D eigenvalue weighted by Gasteiger charge is 2.12. The molecule has 2 fully saturated rings. The second kappa shape index (κ2) is 4.54. The standard InChI is InChI=1S/C11H19NO/c1-2-5-10(6-3-1)12-9-11-7-4-8-13-11/h9-10,12H,1-8H2/b11-9-. The predicted octanol–water partition coefficient (Wildman–Crippen LogP) is 2.56. The molecule has 2 nitrogen and oxygen atoms in total. The highest BCUT2D eigenvalue weighted by atomic mass is 16.5. The van der Waals surface area contributed by atoms with E-state index in [1.54, 1.807) is 0 Å². The number of rotatable bonds is 2. The lowest BCUT2D eigenvalue weighted by atomic mass is 9.96. The minimum atomic E-state index is 0.713. The van der Waals surface area contributed by atoms with Gasteiger partial charge in [0, 0.05) is 18.7 Å². The molecule has 2 aliphatic rings. The Morgan fingerprint density at radius 1 is 1.15 bits per heavy atom. The monoisotopic (exact) mass is 181 g/mol. The van der Waals surface area contributed by atoms with Gasteiger partial charge >= 0.3 is 0 Å². The van der Waals surface area contributed by atoms with Crippen LogP contribution in [0.5, 0.6) is 0 Å². The molecule has 1 aliphatic carbocycles. The van der Waals surface area contributed by atoms with Crippen LogP contribution in [0, 0.1) is 0 Å². The maximum absolute atomic E-state index is 5.44. The van der Waals surface area contributed by atoms with Crippen LogP contribution >= 0.6 is 0 Å². The van der Waals surface area contributed by atoms with Crippen molar-refractivity contribution in [3.05, 3.63) is 12.0 Å². The molecule has 0 aromatic rings. The molecule has 0 spiro atoms. The van der Waals surface area contributed by atoms with Gasteiger partial charge in [0.25, 0.3) is 0 Å². The van der Waals surface area contributed by atoms with E-state index >= 15 is 0 Å². The van der Waals surface area contributed by atoms with Gasteiger partial charge in [-0.2, -0.15) is 0 Å². The van der Waals surface area contributed by atoms with Crippen molar-refractivity contribution in [2.75, 3.05) is 6.61 Å². The molecule has 1 N–H and O–H groups in total. The second-order valence-corrected chi connectivity index (χ2v) is 4.06. The molecule has 13 heavy (non-hydrogen) atoms. The number of allylic oxidation sites excluding steroid dienone is 1. The van der Waals surface area contributed by atoms with Crippen LogP contribution in [0.2, 0.25) is 0 Å². The van der Waals surface area contributed by atoms with E-state index in [2.05, 4.69) is 11.5 Å².